The van der Waals surface area contributed by atoms with Crippen molar-refractivity contribution in [2.24, 2.45) is 0 Å². The van der Waals surface area contributed by atoms with Gasteiger partial charge in [-0.05, 0) is 34.7 Å². The Morgan fingerprint density at radius 3 is 1.42 bits per heavy atom. The van der Waals surface area contributed by atoms with Crippen molar-refractivity contribution in [1.29, 1.82) is 5.26 Å². The molecule has 6 rings (SSSR count). The van der Waals surface area contributed by atoms with Crippen LogP contribution in [0.2, 0.25) is 0 Å². The molecule has 1 heterocycles. The van der Waals surface area contributed by atoms with E-state index in [-0.39, 0.29) is 12.6 Å². The minimum atomic E-state index is -0.556. The molecule has 1 saturated heterocycles. The monoisotopic (exact) mass is 696 g/mol. The maximum absolute atomic E-state index is 10.5. The maximum Gasteiger partial charge on any atom is 0.115 e. The summed E-state index contributed by atoms with van der Waals surface area (Å²) < 4.78 is 33.8. The molecule has 0 aliphatic carbocycles. The van der Waals surface area contributed by atoms with E-state index in [2.05, 4.69) is 42.6 Å². The second-order valence-corrected chi connectivity index (χ2v) is 13.2. The van der Waals surface area contributed by atoms with Gasteiger partial charge in [-0.3, -0.25) is 5.32 Å². The second kappa shape index (κ2) is 19.8. The third-order valence-corrected chi connectivity index (χ3v) is 9.35. The summed E-state index contributed by atoms with van der Waals surface area (Å²) in [4.78, 5) is 0. The number of hydrogen-bond acceptors (Lipinski definition) is 7. The quantitative estimate of drug-likeness (QED) is 0.0986. The number of benzene rings is 5. The van der Waals surface area contributed by atoms with Crippen LogP contribution in [0.1, 0.15) is 47.2 Å². The van der Waals surface area contributed by atoms with Crippen molar-refractivity contribution >= 4 is 0 Å². The molecular weight excluding hydrogens is 649 g/mol. The predicted molar refractivity (Wildman–Crippen MR) is 202 cm³/mol. The van der Waals surface area contributed by atoms with Crippen LogP contribution in [0.15, 0.2) is 152 Å². The average Bonchev–Trinajstić information content (AvgIpc) is 3.20. The third-order valence-electron chi connectivity index (χ3n) is 9.35. The van der Waals surface area contributed by atoms with E-state index in [1.54, 1.807) is 0 Å². The second-order valence-electron chi connectivity index (χ2n) is 13.2. The molecular formula is C45H48N2O5. The molecule has 0 spiro atoms. The van der Waals surface area contributed by atoms with Gasteiger partial charge in [0.05, 0.1) is 51.2 Å². The zero-order valence-electron chi connectivity index (χ0n) is 29.7. The Labute approximate surface area is 308 Å². The molecule has 0 aromatic heterocycles. The van der Waals surface area contributed by atoms with E-state index in [1.807, 2.05) is 127 Å². The Kier molecular flexibility index (Phi) is 14.1. The fraction of sp³-hybridized carbons (Fsp3) is 0.311. The Bertz CT molecular complexity index is 1760. The molecule has 1 aliphatic rings. The molecule has 1 fully saturated rings. The number of hydrogen-bond donors (Lipinski definition) is 1. The largest absolute Gasteiger partial charge is 0.374 e. The Morgan fingerprint density at radius 1 is 0.558 bits per heavy atom. The van der Waals surface area contributed by atoms with E-state index in [0.29, 0.717) is 32.8 Å². The van der Waals surface area contributed by atoms with Crippen molar-refractivity contribution in [1.82, 2.24) is 5.32 Å². The first-order chi connectivity index (χ1) is 25.7. The SMILES string of the molecule is C[C@@H](N[C@H](C#N)C[C@H]1O[C@H](COCc2ccccc2)C(OCc2ccccc2)C(OCc2ccccc2)C1OCc1ccccc1)c1ccccc1. The van der Waals surface area contributed by atoms with Crippen molar-refractivity contribution in [3.05, 3.63) is 179 Å². The van der Waals surface area contributed by atoms with Gasteiger partial charge in [-0.2, -0.15) is 5.26 Å². The van der Waals surface area contributed by atoms with Gasteiger partial charge >= 0.3 is 0 Å². The van der Waals surface area contributed by atoms with Crippen LogP contribution in [-0.4, -0.2) is 43.2 Å². The lowest BCUT2D eigenvalue weighted by atomic mass is 9.90. The molecule has 5 aromatic rings. The molecule has 7 nitrogen and oxygen atoms in total. The standard InChI is InChI=1S/C45H48N2O5/c1-34(39-25-15-6-16-26-39)47-40(28-46)27-41-43(49-30-36-19-9-3-10-20-36)45(51-32-38-23-13-5-14-24-38)44(50-31-37-21-11-4-12-22-37)42(52-41)33-48-29-35-17-7-2-8-18-35/h2-26,34,40-45,47H,27,29-33H2,1H3/t34-,40+,41-,42-,43?,44?,45?/m1/s1. The lowest BCUT2D eigenvalue weighted by Gasteiger charge is -2.47. The summed E-state index contributed by atoms with van der Waals surface area (Å²) in [5.41, 5.74) is 5.29. The first kappa shape index (κ1) is 37.1. The van der Waals surface area contributed by atoms with Gasteiger partial charge in [-0.25, -0.2) is 0 Å². The lowest BCUT2D eigenvalue weighted by molar-refractivity contribution is -0.274. The third kappa shape index (κ3) is 10.9. The highest BCUT2D eigenvalue weighted by atomic mass is 16.6. The summed E-state index contributed by atoms with van der Waals surface area (Å²) in [6, 6.07) is 52.5. The van der Waals surface area contributed by atoms with Gasteiger partial charge in [0.25, 0.3) is 0 Å². The summed E-state index contributed by atoms with van der Waals surface area (Å²) in [5.74, 6) is 0. The van der Waals surface area contributed by atoms with Crippen molar-refractivity contribution < 1.29 is 23.7 Å². The number of nitriles is 1. The van der Waals surface area contributed by atoms with Gasteiger partial charge in [-0.1, -0.05) is 152 Å². The number of ether oxygens (including phenoxy) is 5. The van der Waals surface area contributed by atoms with Gasteiger partial charge in [-0.15, -0.1) is 0 Å². The van der Waals surface area contributed by atoms with E-state index in [1.165, 1.54) is 0 Å². The highest BCUT2D eigenvalue weighted by Crippen LogP contribution is 2.33. The molecule has 0 amide bonds. The molecule has 52 heavy (non-hydrogen) atoms. The van der Waals surface area contributed by atoms with Crippen LogP contribution in [0.3, 0.4) is 0 Å². The smallest absolute Gasteiger partial charge is 0.115 e. The van der Waals surface area contributed by atoms with Crippen molar-refractivity contribution in [2.75, 3.05) is 6.61 Å². The first-order valence-corrected chi connectivity index (χ1v) is 18.1. The average molecular weight is 697 g/mol. The van der Waals surface area contributed by atoms with E-state index in [0.717, 1.165) is 27.8 Å². The molecule has 5 aromatic carbocycles. The highest BCUT2D eigenvalue weighted by molar-refractivity contribution is 5.20. The normalized spacial score (nSPS) is 21.2. The predicted octanol–water partition coefficient (Wildman–Crippen LogP) is 8.36. The van der Waals surface area contributed by atoms with Gasteiger partial charge in [0, 0.05) is 12.5 Å². The summed E-state index contributed by atoms with van der Waals surface area (Å²) >= 11 is 0. The molecule has 7 atom stereocenters. The summed E-state index contributed by atoms with van der Waals surface area (Å²) in [7, 11) is 0. The van der Waals surface area contributed by atoms with Crippen molar-refractivity contribution in [2.45, 2.75) is 82.4 Å². The maximum atomic E-state index is 10.5. The van der Waals surface area contributed by atoms with Gasteiger partial charge in [0.2, 0.25) is 0 Å². The van der Waals surface area contributed by atoms with Crippen LogP contribution >= 0.6 is 0 Å². The van der Waals surface area contributed by atoms with Crippen LogP contribution in [-0.2, 0) is 50.1 Å². The van der Waals surface area contributed by atoms with Gasteiger partial charge < -0.3 is 23.7 Å². The molecule has 0 bridgehead atoms. The van der Waals surface area contributed by atoms with Crippen molar-refractivity contribution in [3.8, 4) is 6.07 Å². The summed E-state index contributed by atoms with van der Waals surface area (Å²) in [5, 5.41) is 14.0. The molecule has 1 aliphatic heterocycles. The molecule has 268 valence electrons. The Hall–Kier alpha value is -4.65. The van der Waals surface area contributed by atoms with E-state index in [4.69, 9.17) is 23.7 Å². The molecule has 7 heteroatoms. The molecule has 0 saturated carbocycles. The zero-order valence-corrected chi connectivity index (χ0v) is 29.7. The highest BCUT2D eigenvalue weighted by Gasteiger charge is 2.49. The summed E-state index contributed by atoms with van der Waals surface area (Å²) in [6.07, 6.45) is -2.26. The number of nitrogens with one attached hydrogen (secondary N) is 1. The van der Waals surface area contributed by atoms with Crippen LogP contribution in [0.5, 0.6) is 0 Å². The fourth-order valence-corrected chi connectivity index (χ4v) is 6.60. The Morgan fingerprint density at radius 2 is 0.962 bits per heavy atom. The van der Waals surface area contributed by atoms with E-state index < -0.39 is 36.6 Å². The zero-order chi connectivity index (χ0) is 35.8. The van der Waals surface area contributed by atoms with Crippen LogP contribution in [0.4, 0.5) is 0 Å². The van der Waals surface area contributed by atoms with Crippen LogP contribution < -0.4 is 5.32 Å². The number of rotatable bonds is 18. The van der Waals surface area contributed by atoms with Crippen molar-refractivity contribution in [3.63, 3.8) is 0 Å². The van der Waals surface area contributed by atoms with Crippen LogP contribution in [0.25, 0.3) is 0 Å². The summed E-state index contributed by atoms with van der Waals surface area (Å²) in [6.45, 7) is 3.84. The molecule has 0 radical (unpaired) electrons. The minimum Gasteiger partial charge on any atom is -0.374 e. The van der Waals surface area contributed by atoms with Crippen LogP contribution in [0, 0.1) is 11.3 Å². The Balaban J connectivity index is 1.31. The lowest BCUT2D eigenvalue weighted by Crippen LogP contribution is -2.62. The topological polar surface area (TPSA) is 82.0 Å². The first-order valence-electron chi connectivity index (χ1n) is 18.1. The number of nitrogens with zero attached hydrogens (tertiary/aromatic N) is 1. The minimum absolute atomic E-state index is 0.0461. The molecule has 3 unspecified atom stereocenters. The fourth-order valence-electron chi connectivity index (χ4n) is 6.60. The van der Waals surface area contributed by atoms with Gasteiger partial charge in [0.1, 0.15) is 24.4 Å². The van der Waals surface area contributed by atoms with E-state index in [9.17, 15) is 5.26 Å². The van der Waals surface area contributed by atoms with E-state index >= 15 is 0 Å². The van der Waals surface area contributed by atoms with Gasteiger partial charge in [0.15, 0.2) is 0 Å². The molecule has 1 N–H and O–H groups in total.